The van der Waals surface area contributed by atoms with Gasteiger partial charge >= 0.3 is 0 Å². The van der Waals surface area contributed by atoms with E-state index in [1.165, 1.54) is 12.1 Å². The summed E-state index contributed by atoms with van der Waals surface area (Å²) in [6, 6.07) is 0. The van der Waals surface area contributed by atoms with E-state index in [0.717, 1.165) is 13.1 Å². The second kappa shape index (κ2) is 5.05. The second-order valence-corrected chi connectivity index (χ2v) is 7.03. The van der Waals surface area contributed by atoms with Crippen molar-refractivity contribution in [2.75, 3.05) is 13.1 Å². The summed E-state index contributed by atoms with van der Waals surface area (Å²) in [5, 5.41) is 0. The van der Waals surface area contributed by atoms with E-state index >= 15 is 0 Å². The number of nitrogens with zero attached hydrogens (tertiary/aromatic N) is 1. The minimum Gasteiger partial charge on any atom is -0.375 e. The lowest BCUT2D eigenvalue weighted by atomic mass is 9.91. The standard InChI is InChI=1S/C14H29N/c1-12(2)15(11-14(6,7)8)10-9-13(3,4)5/h1,9-11H2,2-8H3. The Bertz CT molecular complexity index is 202. The molecule has 0 amide bonds. The number of hydrogen-bond donors (Lipinski definition) is 0. The van der Waals surface area contributed by atoms with Crippen LogP contribution in [-0.2, 0) is 0 Å². The van der Waals surface area contributed by atoms with Crippen LogP contribution < -0.4 is 0 Å². The lowest BCUT2D eigenvalue weighted by Crippen LogP contribution is -2.33. The van der Waals surface area contributed by atoms with Crippen molar-refractivity contribution in [2.24, 2.45) is 10.8 Å². The van der Waals surface area contributed by atoms with Crippen molar-refractivity contribution >= 4 is 0 Å². The van der Waals surface area contributed by atoms with Crippen molar-refractivity contribution in [3.05, 3.63) is 12.3 Å². The highest BCUT2D eigenvalue weighted by Gasteiger charge is 2.18. The second-order valence-electron chi connectivity index (χ2n) is 7.03. The van der Waals surface area contributed by atoms with Crippen LogP contribution in [0.1, 0.15) is 54.9 Å². The van der Waals surface area contributed by atoms with E-state index in [1.807, 2.05) is 0 Å². The highest BCUT2D eigenvalue weighted by molar-refractivity contribution is 4.91. The van der Waals surface area contributed by atoms with Gasteiger partial charge in [0, 0.05) is 18.8 Å². The first-order chi connectivity index (χ1) is 6.51. The van der Waals surface area contributed by atoms with Crippen molar-refractivity contribution in [1.29, 1.82) is 0 Å². The van der Waals surface area contributed by atoms with Gasteiger partial charge in [0.2, 0.25) is 0 Å². The monoisotopic (exact) mass is 211 g/mol. The molecule has 1 nitrogen and oxygen atoms in total. The summed E-state index contributed by atoms with van der Waals surface area (Å²) in [6.07, 6.45) is 1.22. The van der Waals surface area contributed by atoms with Crippen LogP contribution >= 0.6 is 0 Å². The smallest absolute Gasteiger partial charge is 0.0223 e. The van der Waals surface area contributed by atoms with Gasteiger partial charge in [0.15, 0.2) is 0 Å². The Balaban J connectivity index is 4.25. The third-order valence-electron chi connectivity index (χ3n) is 2.34. The molecule has 0 bridgehead atoms. The average molecular weight is 211 g/mol. The molecular weight excluding hydrogens is 182 g/mol. The number of allylic oxidation sites excluding steroid dienone is 1. The van der Waals surface area contributed by atoms with Gasteiger partial charge < -0.3 is 4.90 Å². The zero-order valence-electron chi connectivity index (χ0n) is 11.8. The van der Waals surface area contributed by atoms with Gasteiger partial charge in [-0.2, -0.15) is 0 Å². The quantitative estimate of drug-likeness (QED) is 0.670. The molecule has 0 heterocycles. The van der Waals surface area contributed by atoms with E-state index in [9.17, 15) is 0 Å². The molecule has 0 atom stereocenters. The van der Waals surface area contributed by atoms with Crippen LogP contribution in [0.2, 0.25) is 0 Å². The van der Waals surface area contributed by atoms with Crippen molar-refractivity contribution < 1.29 is 0 Å². The van der Waals surface area contributed by atoms with E-state index in [-0.39, 0.29) is 0 Å². The summed E-state index contributed by atoms with van der Waals surface area (Å²) in [4.78, 5) is 2.41. The Morgan fingerprint density at radius 2 is 1.47 bits per heavy atom. The molecule has 0 N–H and O–H groups in total. The molecule has 0 aliphatic heterocycles. The predicted octanol–water partition coefficient (Wildman–Crippen LogP) is 4.30. The Labute approximate surface area is 96.6 Å². The van der Waals surface area contributed by atoms with Crippen LogP contribution in [0.5, 0.6) is 0 Å². The summed E-state index contributed by atoms with van der Waals surface area (Å²) >= 11 is 0. The van der Waals surface area contributed by atoms with Crippen LogP contribution in [0, 0.1) is 10.8 Å². The first kappa shape index (κ1) is 14.5. The van der Waals surface area contributed by atoms with E-state index < -0.39 is 0 Å². The summed E-state index contributed by atoms with van der Waals surface area (Å²) in [6.45, 7) is 22.1. The zero-order valence-corrected chi connectivity index (χ0v) is 11.8. The van der Waals surface area contributed by atoms with E-state index in [0.29, 0.717) is 10.8 Å². The van der Waals surface area contributed by atoms with Gasteiger partial charge in [-0.1, -0.05) is 48.1 Å². The fourth-order valence-corrected chi connectivity index (χ4v) is 1.45. The molecule has 0 rings (SSSR count). The van der Waals surface area contributed by atoms with Gasteiger partial charge in [-0.15, -0.1) is 0 Å². The van der Waals surface area contributed by atoms with Crippen LogP contribution in [0.15, 0.2) is 12.3 Å². The van der Waals surface area contributed by atoms with E-state index in [4.69, 9.17) is 0 Å². The van der Waals surface area contributed by atoms with Crippen LogP contribution in [0.3, 0.4) is 0 Å². The highest BCUT2D eigenvalue weighted by Crippen LogP contribution is 2.23. The molecule has 15 heavy (non-hydrogen) atoms. The summed E-state index contributed by atoms with van der Waals surface area (Å²) in [7, 11) is 0. The van der Waals surface area contributed by atoms with Crippen molar-refractivity contribution in [1.82, 2.24) is 4.90 Å². The van der Waals surface area contributed by atoms with Gasteiger partial charge in [-0.05, 0) is 24.2 Å². The Kier molecular flexibility index (Phi) is 4.89. The zero-order chi connectivity index (χ0) is 12.3. The lowest BCUT2D eigenvalue weighted by Gasteiger charge is -2.34. The van der Waals surface area contributed by atoms with Crippen LogP contribution in [-0.4, -0.2) is 18.0 Å². The molecule has 0 radical (unpaired) electrons. The first-order valence-corrected chi connectivity index (χ1v) is 5.92. The largest absolute Gasteiger partial charge is 0.375 e. The molecule has 90 valence electrons. The molecule has 0 aliphatic rings. The molecule has 0 unspecified atom stereocenters. The number of hydrogen-bond acceptors (Lipinski definition) is 1. The van der Waals surface area contributed by atoms with Crippen molar-refractivity contribution in [3.8, 4) is 0 Å². The Morgan fingerprint density at radius 3 is 1.73 bits per heavy atom. The summed E-state index contributed by atoms with van der Waals surface area (Å²) in [5.74, 6) is 0. The maximum atomic E-state index is 4.07. The van der Waals surface area contributed by atoms with Crippen molar-refractivity contribution in [2.45, 2.75) is 54.9 Å². The molecule has 1 heteroatoms. The highest BCUT2D eigenvalue weighted by atomic mass is 15.1. The fourth-order valence-electron chi connectivity index (χ4n) is 1.45. The van der Waals surface area contributed by atoms with Gasteiger partial charge in [0.1, 0.15) is 0 Å². The van der Waals surface area contributed by atoms with Crippen LogP contribution in [0.25, 0.3) is 0 Å². The lowest BCUT2D eigenvalue weighted by molar-refractivity contribution is 0.207. The third-order valence-corrected chi connectivity index (χ3v) is 2.34. The topological polar surface area (TPSA) is 3.24 Å². The predicted molar refractivity (Wildman–Crippen MR) is 69.9 cm³/mol. The average Bonchev–Trinajstić information content (AvgIpc) is 1.93. The van der Waals surface area contributed by atoms with Gasteiger partial charge in [-0.3, -0.25) is 0 Å². The molecule has 0 saturated carbocycles. The fraction of sp³-hybridized carbons (Fsp3) is 0.857. The Hall–Kier alpha value is -0.460. The minimum atomic E-state index is 0.344. The molecule has 0 fully saturated rings. The first-order valence-electron chi connectivity index (χ1n) is 5.92. The van der Waals surface area contributed by atoms with Gasteiger partial charge in [-0.25, -0.2) is 0 Å². The van der Waals surface area contributed by atoms with E-state index in [1.54, 1.807) is 0 Å². The van der Waals surface area contributed by atoms with Crippen LogP contribution in [0.4, 0.5) is 0 Å². The summed E-state index contributed by atoms with van der Waals surface area (Å²) < 4.78 is 0. The van der Waals surface area contributed by atoms with E-state index in [2.05, 4.69) is 59.9 Å². The molecule has 0 spiro atoms. The molecule has 0 saturated heterocycles. The minimum absolute atomic E-state index is 0.344. The maximum Gasteiger partial charge on any atom is 0.0223 e. The molecule has 0 aromatic rings. The summed E-state index contributed by atoms with van der Waals surface area (Å²) in [5.41, 5.74) is 1.94. The molecular formula is C14H29N. The third kappa shape index (κ3) is 8.53. The normalized spacial score (nSPS) is 12.7. The molecule has 0 aromatic heterocycles. The van der Waals surface area contributed by atoms with Gasteiger partial charge in [0.25, 0.3) is 0 Å². The molecule has 0 aliphatic carbocycles. The van der Waals surface area contributed by atoms with Gasteiger partial charge in [0.05, 0.1) is 0 Å². The Morgan fingerprint density at radius 1 is 1.00 bits per heavy atom. The maximum absolute atomic E-state index is 4.07. The number of rotatable bonds is 4. The van der Waals surface area contributed by atoms with Crippen molar-refractivity contribution in [3.63, 3.8) is 0 Å². The SMILES string of the molecule is C=C(C)N(CCC(C)(C)C)CC(C)(C)C. The molecule has 0 aromatic carbocycles.